The number of aromatic nitrogens is 1. The van der Waals surface area contributed by atoms with Crippen LogP contribution in [-0.2, 0) is 16.1 Å². The molecule has 2 heterocycles. The Morgan fingerprint density at radius 3 is 2.13 bits per heavy atom. The summed E-state index contributed by atoms with van der Waals surface area (Å²) in [5.41, 5.74) is 6.41. The van der Waals surface area contributed by atoms with Gasteiger partial charge in [-0.05, 0) is 48.6 Å². The van der Waals surface area contributed by atoms with E-state index in [1.165, 1.54) is 18.5 Å². The number of nitrogens with zero attached hydrogens (tertiary/aromatic N) is 2. The Hall–Kier alpha value is -3.59. The predicted octanol–water partition coefficient (Wildman–Crippen LogP) is 2.04. The molecule has 1 aliphatic rings. The Bertz CT molecular complexity index is 1300. The number of anilines is 2. The molecule has 1 N–H and O–H groups in total. The van der Waals surface area contributed by atoms with Crippen molar-refractivity contribution >= 4 is 23.9 Å². The van der Waals surface area contributed by atoms with Gasteiger partial charge in [-0.3, -0.25) is 5.32 Å². The summed E-state index contributed by atoms with van der Waals surface area (Å²) in [5, 5.41) is 15.1. The summed E-state index contributed by atoms with van der Waals surface area (Å²) in [6.45, 7) is 3.76. The van der Waals surface area contributed by atoms with E-state index in [0.29, 0.717) is 17.1 Å². The van der Waals surface area contributed by atoms with Crippen molar-refractivity contribution in [2.45, 2.75) is 26.4 Å². The van der Waals surface area contributed by atoms with Crippen molar-refractivity contribution in [2.24, 2.45) is 0 Å². The summed E-state index contributed by atoms with van der Waals surface area (Å²) in [4.78, 5) is 23.1. The largest absolute Gasteiger partial charge is 1.00 e. The summed E-state index contributed by atoms with van der Waals surface area (Å²) < 4.78 is 10.9. The van der Waals surface area contributed by atoms with Gasteiger partial charge >= 0.3 is 35.7 Å². The van der Waals surface area contributed by atoms with Crippen molar-refractivity contribution < 1.29 is 53.5 Å². The van der Waals surface area contributed by atoms with E-state index in [2.05, 4.69) is 51.8 Å². The number of carboxylic acid groups (broad SMARTS) is 1. The quantitative estimate of drug-likeness (QED) is 0.306. The van der Waals surface area contributed by atoms with Crippen molar-refractivity contribution in [3.05, 3.63) is 90.1 Å². The van der Waals surface area contributed by atoms with Crippen molar-refractivity contribution in [3.63, 3.8) is 0 Å². The molecule has 1 aromatic heterocycles. The van der Waals surface area contributed by atoms with Crippen LogP contribution in [0.15, 0.2) is 83.4 Å². The first-order valence-corrected chi connectivity index (χ1v) is 12.0. The molecule has 9 heteroatoms. The van der Waals surface area contributed by atoms with Crippen LogP contribution in [0.25, 0.3) is 22.5 Å². The number of amides is 1. The first kappa shape index (κ1) is 29.0. The Morgan fingerprint density at radius 2 is 1.53 bits per heavy atom. The fourth-order valence-corrected chi connectivity index (χ4v) is 4.23. The molecule has 5 rings (SSSR count). The summed E-state index contributed by atoms with van der Waals surface area (Å²) in [5.74, 6) is 0.505. The van der Waals surface area contributed by atoms with Gasteiger partial charge in [0.2, 0.25) is 0 Å². The maximum atomic E-state index is 12.4. The standard InChI is InChI=1S/C28H27N3O3.CH2O2.Na/c1-20-26(29-28(32)33-19-21-7-3-2-4-8-21)27(34-30-20)24-11-9-22(10-12-24)23-13-15-25(16-14-23)31-17-5-6-18-31;2-1-3;/h2-4,7-16H,5-6,17-19H2,1H3,(H,29,32);1H,(H,2,3);/q;;+1/p-1. The molecule has 3 aromatic carbocycles. The fourth-order valence-electron chi connectivity index (χ4n) is 4.23. The fraction of sp³-hybridized carbons (Fsp3) is 0.207. The van der Waals surface area contributed by atoms with E-state index >= 15 is 0 Å². The van der Waals surface area contributed by atoms with E-state index in [-0.39, 0.29) is 36.2 Å². The zero-order valence-corrected chi connectivity index (χ0v) is 23.6. The topological polar surface area (TPSA) is 108 Å². The van der Waals surface area contributed by atoms with Crippen LogP contribution in [0, 0.1) is 6.92 Å². The minimum Gasteiger partial charge on any atom is -0.554 e. The van der Waals surface area contributed by atoms with Crippen LogP contribution in [0.3, 0.4) is 0 Å². The van der Waals surface area contributed by atoms with E-state index in [0.717, 1.165) is 35.3 Å². The van der Waals surface area contributed by atoms with E-state index < -0.39 is 12.6 Å². The smallest absolute Gasteiger partial charge is 0.554 e. The first-order valence-electron chi connectivity index (χ1n) is 12.0. The summed E-state index contributed by atoms with van der Waals surface area (Å²) in [6, 6.07) is 26.3. The average Bonchev–Trinajstić information content (AvgIpc) is 3.60. The van der Waals surface area contributed by atoms with Gasteiger partial charge in [-0.2, -0.15) is 0 Å². The number of aryl methyl sites for hydroxylation is 1. The van der Waals surface area contributed by atoms with E-state index in [1.807, 2.05) is 42.5 Å². The van der Waals surface area contributed by atoms with Gasteiger partial charge < -0.3 is 24.1 Å². The number of carbonyl (C=O) groups excluding carboxylic acids is 2. The Balaban J connectivity index is 0.000000956. The molecule has 1 aliphatic heterocycles. The first-order chi connectivity index (χ1) is 18.1. The van der Waals surface area contributed by atoms with Crippen LogP contribution < -0.4 is 44.9 Å². The molecule has 0 atom stereocenters. The summed E-state index contributed by atoms with van der Waals surface area (Å²) in [7, 11) is 0. The molecule has 4 aromatic rings. The number of ether oxygens (including phenoxy) is 1. The third kappa shape index (κ3) is 7.47. The molecular formula is C29H28N3NaO5. The SMILES string of the molecule is Cc1noc(-c2ccc(-c3ccc(N4CCCC4)cc3)cc2)c1NC(=O)OCc1ccccc1.O=C[O-].[Na+]. The average molecular weight is 522 g/mol. The minimum atomic E-state index is -0.550. The third-order valence-corrected chi connectivity index (χ3v) is 6.12. The molecule has 0 aliphatic carbocycles. The van der Waals surface area contributed by atoms with E-state index in [9.17, 15) is 4.79 Å². The van der Waals surface area contributed by atoms with Gasteiger partial charge in [0.1, 0.15) is 18.0 Å². The van der Waals surface area contributed by atoms with Crippen LogP contribution >= 0.6 is 0 Å². The van der Waals surface area contributed by atoms with Crippen LogP contribution in [0.1, 0.15) is 24.1 Å². The number of hydrogen-bond acceptors (Lipinski definition) is 7. The summed E-state index contributed by atoms with van der Waals surface area (Å²) in [6.07, 6.45) is 1.99. The molecular weight excluding hydrogens is 493 g/mol. The number of nitrogens with one attached hydrogen (secondary N) is 1. The third-order valence-electron chi connectivity index (χ3n) is 6.12. The van der Waals surface area contributed by atoms with Gasteiger partial charge in [-0.25, -0.2) is 4.79 Å². The Morgan fingerprint density at radius 1 is 0.974 bits per heavy atom. The van der Waals surface area contributed by atoms with Gasteiger partial charge in [0.05, 0.1) is 0 Å². The molecule has 0 spiro atoms. The molecule has 0 radical (unpaired) electrons. The van der Waals surface area contributed by atoms with Gasteiger partial charge in [-0.1, -0.05) is 71.9 Å². The normalized spacial score (nSPS) is 12.1. The number of benzene rings is 3. The van der Waals surface area contributed by atoms with Crippen molar-refractivity contribution in [1.82, 2.24) is 5.16 Å². The van der Waals surface area contributed by atoms with Crippen molar-refractivity contribution in [2.75, 3.05) is 23.3 Å². The number of hydrogen-bond donors (Lipinski definition) is 1. The molecule has 190 valence electrons. The second-order valence-electron chi connectivity index (χ2n) is 8.57. The maximum Gasteiger partial charge on any atom is 1.00 e. The van der Waals surface area contributed by atoms with E-state index in [1.54, 1.807) is 6.92 Å². The zero-order valence-electron chi connectivity index (χ0n) is 21.6. The van der Waals surface area contributed by atoms with Gasteiger partial charge in [0, 0.05) is 30.8 Å². The second-order valence-corrected chi connectivity index (χ2v) is 8.57. The molecule has 0 unspecified atom stereocenters. The van der Waals surface area contributed by atoms with E-state index in [4.69, 9.17) is 19.2 Å². The molecule has 8 nitrogen and oxygen atoms in total. The molecule has 1 fully saturated rings. The number of rotatable bonds is 6. The van der Waals surface area contributed by atoms with Gasteiger partial charge in [0.25, 0.3) is 0 Å². The summed E-state index contributed by atoms with van der Waals surface area (Å²) >= 11 is 0. The van der Waals surface area contributed by atoms with Crippen LogP contribution in [0.4, 0.5) is 16.2 Å². The van der Waals surface area contributed by atoms with Crippen LogP contribution in [0.2, 0.25) is 0 Å². The zero-order chi connectivity index (χ0) is 26.0. The Kier molecular flexibility index (Phi) is 11.0. The maximum absolute atomic E-state index is 12.4. The number of carbonyl (C=O) groups is 2. The Labute approximate surface area is 243 Å². The van der Waals surface area contributed by atoms with Crippen LogP contribution in [-0.4, -0.2) is 30.8 Å². The van der Waals surface area contributed by atoms with Crippen molar-refractivity contribution in [3.8, 4) is 22.5 Å². The molecule has 1 amide bonds. The monoisotopic (exact) mass is 521 g/mol. The predicted molar refractivity (Wildman–Crippen MR) is 140 cm³/mol. The van der Waals surface area contributed by atoms with Crippen molar-refractivity contribution in [1.29, 1.82) is 0 Å². The molecule has 0 bridgehead atoms. The van der Waals surface area contributed by atoms with Crippen LogP contribution in [0.5, 0.6) is 0 Å². The van der Waals surface area contributed by atoms with Gasteiger partial charge in [0.15, 0.2) is 5.76 Å². The molecule has 1 saturated heterocycles. The van der Waals surface area contributed by atoms with Gasteiger partial charge in [-0.15, -0.1) is 0 Å². The molecule has 0 saturated carbocycles. The molecule has 38 heavy (non-hydrogen) atoms. The minimum absolute atomic E-state index is 0. The second kappa shape index (κ2) is 14.4.